The number of pyridine rings is 1. The van der Waals surface area contributed by atoms with E-state index >= 15 is 0 Å². The number of ether oxygens (including phenoxy) is 1. The minimum atomic E-state index is -0.162. The van der Waals surface area contributed by atoms with Crippen molar-refractivity contribution in [1.29, 1.82) is 0 Å². The number of nitrogens with two attached hydrogens (primary N) is 1. The molecule has 1 aromatic heterocycles. The molecule has 2 N–H and O–H groups in total. The normalized spacial score (nSPS) is 21.5. The van der Waals surface area contributed by atoms with E-state index in [4.69, 9.17) is 10.5 Å². The third kappa shape index (κ3) is 3.25. The number of anilines is 1. The number of hydrogen-bond acceptors (Lipinski definition) is 4. The predicted molar refractivity (Wildman–Crippen MR) is 78.3 cm³/mol. The van der Waals surface area contributed by atoms with Crippen LogP contribution in [0.5, 0.6) is 0 Å². The third-order valence-electron chi connectivity index (χ3n) is 3.36. The van der Waals surface area contributed by atoms with Gasteiger partial charge in [0.2, 0.25) is 0 Å². The van der Waals surface area contributed by atoms with Crippen molar-refractivity contribution in [2.45, 2.75) is 52.4 Å². The van der Waals surface area contributed by atoms with Crippen LogP contribution in [0.25, 0.3) is 0 Å². The predicted octanol–water partition coefficient (Wildman–Crippen LogP) is 2.24. The van der Waals surface area contributed by atoms with Crippen LogP contribution in [0.1, 0.15) is 39.0 Å². The maximum absolute atomic E-state index is 6.13. The van der Waals surface area contributed by atoms with Gasteiger partial charge in [0.25, 0.3) is 0 Å². The molecule has 0 aliphatic carbocycles. The Morgan fingerprint density at radius 2 is 1.84 bits per heavy atom. The molecule has 0 spiro atoms. The van der Waals surface area contributed by atoms with Gasteiger partial charge in [0, 0.05) is 42.8 Å². The Hall–Kier alpha value is -1.13. The molecule has 1 saturated heterocycles. The van der Waals surface area contributed by atoms with Crippen molar-refractivity contribution in [1.82, 2.24) is 4.98 Å². The van der Waals surface area contributed by atoms with E-state index in [0.29, 0.717) is 6.54 Å². The van der Waals surface area contributed by atoms with Gasteiger partial charge in [0.1, 0.15) is 0 Å². The van der Waals surface area contributed by atoms with Gasteiger partial charge >= 0.3 is 0 Å². The maximum atomic E-state index is 6.13. The summed E-state index contributed by atoms with van der Waals surface area (Å²) in [6.07, 6.45) is 1.89. The first-order valence-electron chi connectivity index (χ1n) is 6.83. The lowest BCUT2D eigenvalue weighted by molar-refractivity contribution is -0.133. The summed E-state index contributed by atoms with van der Waals surface area (Å²) in [4.78, 5) is 6.72. The van der Waals surface area contributed by atoms with Gasteiger partial charge in [-0.1, -0.05) is 0 Å². The van der Waals surface area contributed by atoms with Gasteiger partial charge in [0.15, 0.2) is 0 Å². The lowest BCUT2D eigenvalue weighted by Gasteiger charge is -2.48. The van der Waals surface area contributed by atoms with Gasteiger partial charge < -0.3 is 15.4 Å². The van der Waals surface area contributed by atoms with E-state index < -0.39 is 0 Å². The van der Waals surface area contributed by atoms with E-state index in [1.165, 1.54) is 5.69 Å². The number of aromatic nitrogens is 1. The van der Waals surface area contributed by atoms with Gasteiger partial charge in [-0.3, -0.25) is 4.98 Å². The Morgan fingerprint density at radius 3 is 2.37 bits per heavy atom. The molecule has 2 heterocycles. The number of rotatable bonds is 2. The van der Waals surface area contributed by atoms with Crippen LogP contribution in [0.3, 0.4) is 0 Å². The van der Waals surface area contributed by atoms with Crippen LogP contribution in [0.4, 0.5) is 5.69 Å². The zero-order chi connectivity index (χ0) is 14.3. The van der Waals surface area contributed by atoms with Crippen molar-refractivity contribution in [2.24, 2.45) is 5.73 Å². The lowest BCUT2D eigenvalue weighted by Crippen LogP contribution is -2.57. The van der Waals surface area contributed by atoms with Crippen molar-refractivity contribution in [3.05, 3.63) is 23.5 Å². The minimum absolute atomic E-state index is 0.162. The molecule has 0 saturated carbocycles. The smallest absolute Gasteiger partial charge is 0.0808 e. The summed E-state index contributed by atoms with van der Waals surface area (Å²) in [5.74, 6) is 0. The summed E-state index contributed by atoms with van der Waals surface area (Å²) in [6.45, 7) is 12.8. The minimum Gasteiger partial charge on any atom is -0.366 e. The molecule has 1 aliphatic rings. The lowest BCUT2D eigenvalue weighted by atomic mass is 9.97. The molecule has 0 radical (unpaired) electrons. The highest BCUT2D eigenvalue weighted by Gasteiger charge is 2.38. The van der Waals surface area contributed by atoms with Crippen LogP contribution in [0.2, 0.25) is 0 Å². The maximum Gasteiger partial charge on any atom is 0.0808 e. The van der Waals surface area contributed by atoms with Crippen LogP contribution >= 0.6 is 0 Å². The highest BCUT2D eigenvalue weighted by molar-refractivity contribution is 5.54. The van der Waals surface area contributed by atoms with E-state index in [0.717, 1.165) is 24.3 Å². The second kappa shape index (κ2) is 4.76. The van der Waals surface area contributed by atoms with Gasteiger partial charge in [-0.05, 0) is 40.7 Å². The Labute approximate surface area is 116 Å². The summed E-state index contributed by atoms with van der Waals surface area (Å²) in [5, 5.41) is 0. The summed E-state index contributed by atoms with van der Waals surface area (Å²) in [6, 6.07) is 2.12. The largest absolute Gasteiger partial charge is 0.366 e. The molecule has 1 aliphatic heterocycles. The number of aryl methyl sites for hydroxylation is 1. The van der Waals surface area contributed by atoms with Gasteiger partial charge in [-0.25, -0.2) is 0 Å². The highest BCUT2D eigenvalue weighted by atomic mass is 16.5. The molecule has 4 nitrogen and oxygen atoms in total. The summed E-state index contributed by atoms with van der Waals surface area (Å²) in [5.41, 5.74) is 8.83. The van der Waals surface area contributed by atoms with Crippen LogP contribution in [-0.2, 0) is 11.3 Å². The van der Waals surface area contributed by atoms with Gasteiger partial charge in [-0.15, -0.1) is 0 Å². The topological polar surface area (TPSA) is 51.4 Å². The van der Waals surface area contributed by atoms with Crippen molar-refractivity contribution in [3.8, 4) is 0 Å². The molecule has 19 heavy (non-hydrogen) atoms. The van der Waals surface area contributed by atoms with Crippen LogP contribution in [0, 0.1) is 6.92 Å². The van der Waals surface area contributed by atoms with Crippen molar-refractivity contribution in [2.75, 3.05) is 18.0 Å². The second-order valence-electron chi connectivity index (χ2n) is 6.64. The van der Waals surface area contributed by atoms with E-state index in [9.17, 15) is 0 Å². The molecule has 2 rings (SSSR count). The molecule has 0 aromatic carbocycles. The zero-order valence-corrected chi connectivity index (χ0v) is 12.7. The van der Waals surface area contributed by atoms with E-state index in [1.54, 1.807) is 0 Å². The van der Waals surface area contributed by atoms with E-state index in [-0.39, 0.29) is 11.2 Å². The second-order valence-corrected chi connectivity index (χ2v) is 6.64. The quantitative estimate of drug-likeness (QED) is 0.889. The SMILES string of the molecule is Cc1cc(N2CC(C)(C)OC(C)(C)C2)c(CN)cn1. The third-order valence-corrected chi connectivity index (χ3v) is 3.36. The van der Waals surface area contributed by atoms with Crippen LogP contribution in [0.15, 0.2) is 12.3 Å². The van der Waals surface area contributed by atoms with Crippen molar-refractivity contribution >= 4 is 5.69 Å². The first-order valence-corrected chi connectivity index (χ1v) is 6.83. The van der Waals surface area contributed by atoms with Crippen LogP contribution < -0.4 is 10.6 Å². The molecule has 0 bridgehead atoms. The molecule has 1 fully saturated rings. The Kier molecular flexibility index (Phi) is 3.58. The number of hydrogen-bond donors (Lipinski definition) is 1. The van der Waals surface area contributed by atoms with Crippen LogP contribution in [-0.4, -0.2) is 29.3 Å². The molecule has 4 heteroatoms. The zero-order valence-electron chi connectivity index (χ0n) is 12.7. The van der Waals surface area contributed by atoms with E-state index in [2.05, 4.69) is 43.6 Å². The summed E-state index contributed by atoms with van der Waals surface area (Å²) < 4.78 is 6.13. The highest BCUT2D eigenvalue weighted by Crippen LogP contribution is 2.32. The van der Waals surface area contributed by atoms with Crippen molar-refractivity contribution in [3.63, 3.8) is 0 Å². The first-order chi connectivity index (χ1) is 8.72. The monoisotopic (exact) mass is 263 g/mol. The molecule has 0 atom stereocenters. The fourth-order valence-corrected chi connectivity index (χ4v) is 2.98. The fourth-order valence-electron chi connectivity index (χ4n) is 2.98. The fraction of sp³-hybridized carbons (Fsp3) is 0.667. The van der Waals surface area contributed by atoms with Crippen molar-refractivity contribution < 1.29 is 4.74 Å². The van der Waals surface area contributed by atoms with E-state index in [1.807, 2.05) is 13.1 Å². The summed E-state index contributed by atoms with van der Waals surface area (Å²) in [7, 11) is 0. The van der Waals surface area contributed by atoms with Gasteiger partial charge in [0.05, 0.1) is 11.2 Å². The Morgan fingerprint density at radius 1 is 1.26 bits per heavy atom. The number of morpholine rings is 1. The average molecular weight is 263 g/mol. The average Bonchev–Trinajstić information content (AvgIpc) is 2.24. The first kappa shape index (κ1) is 14.3. The number of nitrogens with zero attached hydrogens (tertiary/aromatic N) is 2. The molecule has 0 amide bonds. The standard InChI is InChI=1S/C15H25N3O/c1-11-6-13(12(7-16)8-17-11)18-9-14(2,3)19-15(4,5)10-18/h6,8H,7,9-10,16H2,1-5H3. The molecule has 1 aromatic rings. The Bertz CT molecular complexity index is 452. The molecular weight excluding hydrogens is 238 g/mol. The molecule has 0 unspecified atom stereocenters. The van der Waals surface area contributed by atoms with Gasteiger partial charge in [-0.2, -0.15) is 0 Å². The molecule has 106 valence electrons. The Balaban J connectivity index is 2.38. The molecular formula is C15H25N3O. The summed E-state index contributed by atoms with van der Waals surface area (Å²) >= 11 is 0.